The first-order valence-electron chi connectivity index (χ1n) is 11.8. The highest BCUT2D eigenvalue weighted by molar-refractivity contribution is 6.06. The van der Waals surface area contributed by atoms with E-state index in [1.807, 2.05) is 26.0 Å². The Balaban J connectivity index is 1.74. The number of furan rings is 1. The number of carbonyl (C=O) groups excluding carboxylic acids is 1. The van der Waals surface area contributed by atoms with Crippen LogP contribution < -0.4 is 19.5 Å². The maximum absolute atomic E-state index is 13.0. The van der Waals surface area contributed by atoms with Crippen molar-refractivity contribution in [3.63, 3.8) is 0 Å². The van der Waals surface area contributed by atoms with Gasteiger partial charge in [-0.25, -0.2) is 0 Å². The van der Waals surface area contributed by atoms with Crippen molar-refractivity contribution in [3.8, 4) is 28.4 Å². The van der Waals surface area contributed by atoms with E-state index in [2.05, 4.69) is 37.4 Å². The van der Waals surface area contributed by atoms with Crippen LogP contribution in [0.5, 0.6) is 17.2 Å². The molecular formula is C30H31NO5. The molecule has 0 bridgehead atoms. The Hall–Kier alpha value is -4.19. The van der Waals surface area contributed by atoms with Gasteiger partial charge < -0.3 is 23.9 Å². The van der Waals surface area contributed by atoms with Gasteiger partial charge in [-0.15, -0.1) is 0 Å². The van der Waals surface area contributed by atoms with Crippen molar-refractivity contribution in [2.24, 2.45) is 0 Å². The van der Waals surface area contributed by atoms with Crippen LogP contribution in [0.25, 0.3) is 27.7 Å². The number of rotatable bonds is 8. The van der Waals surface area contributed by atoms with Crippen molar-refractivity contribution >= 4 is 28.1 Å². The summed E-state index contributed by atoms with van der Waals surface area (Å²) in [6.07, 6.45) is 3.34. The lowest BCUT2D eigenvalue weighted by atomic mass is 9.96. The van der Waals surface area contributed by atoms with Crippen molar-refractivity contribution < 1.29 is 23.4 Å². The fraction of sp³-hybridized carbons (Fsp3) is 0.233. The SMILES string of the molecule is CCOc1cc2occ(-c3ccc(C)cc3C)c2cc1/C(C)=C/C(=O)Nc1cc(OC)ccc1OC. The first-order valence-corrected chi connectivity index (χ1v) is 11.8. The Morgan fingerprint density at radius 1 is 0.972 bits per heavy atom. The Morgan fingerprint density at radius 2 is 1.78 bits per heavy atom. The van der Waals surface area contributed by atoms with Crippen LogP contribution in [0.1, 0.15) is 30.5 Å². The monoisotopic (exact) mass is 485 g/mol. The molecule has 0 radical (unpaired) electrons. The molecule has 0 saturated heterocycles. The minimum atomic E-state index is -0.289. The van der Waals surface area contributed by atoms with Gasteiger partial charge >= 0.3 is 0 Å². The highest BCUT2D eigenvalue weighted by Crippen LogP contribution is 2.39. The predicted octanol–water partition coefficient (Wildman–Crippen LogP) is 7.17. The molecular weight excluding hydrogens is 454 g/mol. The van der Waals surface area contributed by atoms with E-state index < -0.39 is 0 Å². The standard InChI is InChI=1S/C30H31NO5/c1-7-35-28-16-29-24(25(17-36-29)22-10-8-18(2)12-19(22)3)15-23(28)20(4)13-30(32)31-26-14-21(33-5)9-11-27(26)34-6/h8-17H,7H2,1-6H3,(H,31,32)/b20-13+. The van der Waals surface area contributed by atoms with E-state index in [4.69, 9.17) is 18.6 Å². The summed E-state index contributed by atoms with van der Waals surface area (Å²) in [5.41, 5.74) is 7.34. The largest absolute Gasteiger partial charge is 0.497 e. The number of hydrogen-bond acceptors (Lipinski definition) is 5. The van der Waals surface area contributed by atoms with Crippen LogP contribution >= 0.6 is 0 Å². The molecule has 4 aromatic rings. The number of aryl methyl sites for hydroxylation is 2. The minimum Gasteiger partial charge on any atom is -0.497 e. The van der Waals surface area contributed by atoms with Gasteiger partial charge in [0.1, 0.15) is 22.8 Å². The van der Waals surface area contributed by atoms with Gasteiger partial charge in [-0.05, 0) is 62.6 Å². The Labute approximate surface area is 211 Å². The van der Waals surface area contributed by atoms with Crippen molar-refractivity contribution in [1.82, 2.24) is 0 Å². The molecule has 1 N–H and O–H groups in total. The molecule has 36 heavy (non-hydrogen) atoms. The van der Waals surface area contributed by atoms with E-state index in [1.54, 1.807) is 44.8 Å². The maximum atomic E-state index is 13.0. The number of ether oxygens (including phenoxy) is 3. The predicted molar refractivity (Wildman–Crippen MR) is 144 cm³/mol. The number of fused-ring (bicyclic) bond motifs is 1. The molecule has 0 spiro atoms. The summed E-state index contributed by atoms with van der Waals surface area (Å²) < 4.78 is 22.5. The maximum Gasteiger partial charge on any atom is 0.248 e. The molecule has 3 aromatic carbocycles. The Kier molecular flexibility index (Phi) is 7.34. The molecule has 1 heterocycles. The van der Waals surface area contributed by atoms with E-state index in [0.717, 1.165) is 33.2 Å². The molecule has 1 aromatic heterocycles. The zero-order valence-corrected chi connectivity index (χ0v) is 21.5. The number of methoxy groups -OCH3 is 2. The third-order valence-corrected chi connectivity index (χ3v) is 6.08. The van der Waals surface area contributed by atoms with Crippen molar-refractivity contribution in [2.45, 2.75) is 27.7 Å². The Morgan fingerprint density at radius 3 is 2.47 bits per heavy atom. The highest BCUT2D eigenvalue weighted by atomic mass is 16.5. The molecule has 0 unspecified atom stereocenters. The van der Waals surface area contributed by atoms with Crippen LogP contribution in [-0.2, 0) is 4.79 Å². The molecule has 0 aliphatic heterocycles. The van der Waals surface area contributed by atoms with Crippen LogP contribution in [0.3, 0.4) is 0 Å². The summed E-state index contributed by atoms with van der Waals surface area (Å²) in [6, 6.07) is 15.5. The quantitative estimate of drug-likeness (QED) is 0.268. The van der Waals surface area contributed by atoms with Gasteiger partial charge in [0.05, 0.1) is 32.8 Å². The first kappa shape index (κ1) is 24.9. The van der Waals surface area contributed by atoms with E-state index >= 15 is 0 Å². The fourth-order valence-corrected chi connectivity index (χ4v) is 4.32. The summed E-state index contributed by atoms with van der Waals surface area (Å²) in [7, 11) is 3.13. The molecule has 0 fully saturated rings. The number of nitrogens with one attached hydrogen (secondary N) is 1. The zero-order valence-electron chi connectivity index (χ0n) is 21.5. The lowest BCUT2D eigenvalue weighted by Gasteiger charge is -2.13. The fourth-order valence-electron chi connectivity index (χ4n) is 4.32. The van der Waals surface area contributed by atoms with Crippen LogP contribution in [0, 0.1) is 13.8 Å². The molecule has 186 valence electrons. The van der Waals surface area contributed by atoms with Gasteiger partial charge in [-0.3, -0.25) is 4.79 Å². The summed E-state index contributed by atoms with van der Waals surface area (Å²) in [6.45, 7) is 8.49. The van der Waals surface area contributed by atoms with Crippen molar-refractivity contribution in [2.75, 3.05) is 26.1 Å². The lowest BCUT2D eigenvalue weighted by Crippen LogP contribution is -2.10. The molecule has 1 amide bonds. The number of amides is 1. The number of hydrogen-bond donors (Lipinski definition) is 1. The molecule has 6 nitrogen and oxygen atoms in total. The number of benzene rings is 3. The van der Waals surface area contributed by atoms with Crippen LogP contribution in [0.2, 0.25) is 0 Å². The van der Waals surface area contributed by atoms with Crippen molar-refractivity contribution in [3.05, 3.63) is 77.6 Å². The zero-order chi connectivity index (χ0) is 25.8. The summed E-state index contributed by atoms with van der Waals surface area (Å²) in [5, 5.41) is 3.85. The van der Waals surface area contributed by atoms with Gasteiger partial charge in [0.25, 0.3) is 0 Å². The van der Waals surface area contributed by atoms with E-state index in [1.165, 1.54) is 11.1 Å². The van der Waals surface area contributed by atoms with Gasteiger partial charge in [0.15, 0.2) is 0 Å². The number of anilines is 1. The van der Waals surface area contributed by atoms with Gasteiger partial charge in [-0.2, -0.15) is 0 Å². The second-order valence-corrected chi connectivity index (χ2v) is 8.63. The molecule has 0 saturated carbocycles. The topological polar surface area (TPSA) is 69.9 Å². The van der Waals surface area contributed by atoms with Gasteiger partial charge in [0.2, 0.25) is 5.91 Å². The Bertz CT molecular complexity index is 1450. The second kappa shape index (κ2) is 10.6. The molecule has 0 atom stereocenters. The lowest BCUT2D eigenvalue weighted by molar-refractivity contribution is -0.111. The average Bonchev–Trinajstić information content (AvgIpc) is 3.26. The minimum absolute atomic E-state index is 0.289. The molecule has 0 aliphatic carbocycles. The summed E-state index contributed by atoms with van der Waals surface area (Å²) in [5.74, 6) is 1.54. The summed E-state index contributed by atoms with van der Waals surface area (Å²) >= 11 is 0. The smallest absolute Gasteiger partial charge is 0.248 e. The molecule has 6 heteroatoms. The van der Waals surface area contributed by atoms with Crippen LogP contribution in [0.15, 0.2) is 65.3 Å². The number of carbonyl (C=O) groups is 1. The third-order valence-electron chi connectivity index (χ3n) is 6.08. The van der Waals surface area contributed by atoms with Gasteiger partial charge in [0, 0.05) is 34.7 Å². The highest BCUT2D eigenvalue weighted by Gasteiger charge is 2.17. The van der Waals surface area contributed by atoms with E-state index in [9.17, 15) is 4.79 Å². The van der Waals surface area contributed by atoms with E-state index in [-0.39, 0.29) is 5.91 Å². The first-order chi connectivity index (χ1) is 17.3. The second-order valence-electron chi connectivity index (χ2n) is 8.63. The normalized spacial score (nSPS) is 11.4. The average molecular weight is 486 g/mol. The van der Waals surface area contributed by atoms with Crippen molar-refractivity contribution in [1.29, 1.82) is 0 Å². The van der Waals surface area contributed by atoms with Crippen LogP contribution in [-0.4, -0.2) is 26.7 Å². The van der Waals surface area contributed by atoms with Crippen LogP contribution in [0.4, 0.5) is 5.69 Å². The summed E-state index contributed by atoms with van der Waals surface area (Å²) in [4.78, 5) is 13.0. The van der Waals surface area contributed by atoms with E-state index in [0.29, 0.717) is 29.5 Å². The molecule has 4 rings (SSSR count). The molecule has 0 aliphatic rings. The third kappa shape index (κ3) is 5.08. The number of allylic oxidation sites excluding steroid dienone is 1. The van der Waals surface area contributed by atoms with Gasteiger partial charge in [-0.1, -0.05) is 23.8 Å².